The van der Waals surface area contributed by atoms with Crippen molar-refractivity contribution in [3.05, 3.63) is 101 Å². The number of nitrogens with zero attached hydrogens (tertiary/aromatic N) is 3. The number of carbonyl (C=O) groups is 2. The maximum absolute atomic E-state index is 13.6. The number of aromatic nitrogens is 2. The van der Waals surface area contributed by atoms with Gasteiger partial charge in [0.1, 0.15) is 18.0 Å². The van der Waals surface area contributed by atoms with Gasteiger partial charge in [0.25, 0.3) is 5.91 Å². The topological polar surface area (TPSA) is 113 Å². The first-order valence-electron chi connectivity index (χ1n) is 13.8. The largest absolute Gasteiger partial charge is 0.405 e. The second-order valence-corrected chi connectivity index (χ2v) is 12.5. The van der Waals surface area contributed by atoms with Gasteiger partial charge in [0, 0.05) is 54.9 Å². The van der Waals surface area contributed by atoms with Gasteiger partial charge in [0.05, 0.1) is 10.6 Å². The van der Waals surface area contributed by atoms with Gasteiger partial charge in [0.2, 0.25) is 0 Å². The lowest BCUT2D eigenvalue weighted by Gasteiger charge is -2.18. The Bertz CT molecular complexity index is 1900. The van der Waals surface area contributed by atoms with Crippen LogP contribution >= 0.6 is 0 Å². The van der Waals surface area contributed by atoms with E-state index in [9.17, 15) is 35.6 Å². The van der Waals surface area contributed by atoms with E-state index in [1.807, 2.05) is 22.7 Å². The van der Waals surface area contributed by atoms with E-state index < -0.39 is 46.2 Å². The molecule has 3 amide bonds. The van der Waals surface area contributed by atoms with Gasteiger partial charge in [-0.1, -0.05) is 11.8 Å². The number of urea groups is 1. The molecule has 2 aromatic carbocycles. The number of alkyl halides is 3. The normalized spacial score (nSPS) is 15.0. The summed E-state index contributed by atoms with van der Waals surface area (Å²) < 4.78 is 79.8. The minimum absolute atomic E-state index is 0.0372. The van der Waals surface area contributed by atoms with E-state index in [-0.39, 0.29) is 47.8 Å². The number of rotatable bonds is 7. The van der Waals surface area contributed by atoms with E-state index in [1.165, 1.54) is 42.5 Å². The van der Waals surface area contributed by atoms with Crippen LogP contribution in [-0.4, -0.2) is 66.2 Å². The zero-order valence-electron chi connectivity index (χ0n) is 23.6. The van der Waals surface area contributed by atoms with E-state index in [2.05, 4.69) is 22.1 Å². The molecule has 5 rings (SSSR count). The minimum atomic E-state index is -4.57. The Morgan fingerprint density at radius 3 is 2.53 bits per heavy atom. The molecule has 234 valence electrons. The third-order valence-electron chi connectivity index (χ3n) is 7.15. The van der Waals surface area contributed by atoms with Gasteiger partial charge >= 0.3 is 12.2 Å². The molecule has 1 unspecified atom stereocenters. The predicted octanol–water partition coefficient (Wildman–Crippen LogP) is 4.17. The quantitative estimate of drug-likeness (QED) is 0.233. The third kappa shape index (κ3) is 8.18. The highest BCUT2D eigenvalue weighted by molar-refractivity contribution is 7.91. The Balaban J connectivity index is 1.34. The molecule has 1 aliphatic heterocycles. The zero-order valence-corrected chi connectivity index (χ0v) is 24.5. The summed E-state index contributed by atoms with van der Waals surface area (Å²) in [6.07, 6.45) is 0.965. The molecule has 2 aromatic heterocycles. The number of fused-ring (bicyclic) bond motifs is 1. The van der Waals surface area contributed by atoms with Crippen LogP contribution in [0, 0.1) is 23.6 Å². The van der Waals surface area contributed by atoms with Gasteiger partial charge in [0.15, 0.2) is 9.84 Å². The average Bonchev–Trinajstić information content (AvgIpc) is 3.67. The molecule has 2 N–H and O–H groups in total. The van der Waals surface area contributed by atoms with Crippen LogP contribution in [0.15, 0.2) is 78.1 Å². The summed E-state index contributed by atoms with van der Waals surface area (Å²) in [6.45, 7) is -1.23. The highest BCUT2D eigenvalue weighted by Crippen LogP contribution is 2.25. The predicted molar refractivity (Wildman–Crippen MR) is 156 cm³/mol. The number of hydrogen-bond acceptors (Lipinski definition) is 5. The molecule has 9 nitrogen and oxygen atoms in total. The van der Waals surface area contributed by atoms with Crippen LogP contribution in [0.5, 0.6) is 0 Å². The summed E-state index contributed by atoms with van der Waals surface area (Å²) in [5.74, 6) is 3.76. The Kier molecular flexibility index (Phi) is 9.10. The van der Waals surface area contributed by atoms with Gasteiger partial charge in [-0.15, -0.1) is 0 Å². The van der Waals surface area contributed by atoms with Gasteiger partial charge in [-0.2, -0.15) is 13.2 Å². The molecule has 45 heavy (non-hydrogen) atoms. The van der Waals surface area contributed by atoms with E-state index in [0.717, 1.165) is 10.5 Å². The van der Waals surface area contributed by atoms with Crippen LogP contribution < -0.4 is 10.6 Å². The Hall–Kier alpha value is -4.90. The van der Waals surface area contributed by atoms with Crippen LogP contribution in [0.25, 0.3) is 5.65 Å². The average molecular weight is 642 g/mol. The highest BCUT2D eigenvalue weighted by Gasteiger charge is 2.34. The van der Waals surface area contributed by atoms with Crippen molar-refractivity contribution in [2.75, 3.05) is 25.4 Å². The standard InChI is InChI=1S/C31H27F4N5O4S/c32-26-6-2-21(3-7-26)1-4-24-16-25(29(41)37-17-22-9-12-39-14-11-36-28(39)15-22)5-8-27(24)45(43,44)19-23-10-13-40(18-23)30(42)38-20-31(33,34)35/h2-3,5-9,11-12,14-16,23H,10,13,17-20H2,(H,37,41)(H,38,42). The molecule has 0 bridgehead atoms. The summed E-state index contributed by atoms with van der Waals surface area (Å²) in [7, 11) is -4.02. The zero-order chi connectivity index (χ0) is 32.2. The van der Waals surface area contributed by atoms with Gasteiger partial charge in [-0.05, 0) is 72.5 Å². The van der Waals surface area contributed by atoms with E-state index in [1.54, 1.807) is 17.7 Å². The first-order chi connectivity index (χ1) is 21.4. The molecule has 0 spiro atoms. The second-order valence-electron chi connectivity index (χ2n) is 10.5. The molecule has 1 atom stereocenters. The highest BCUT2D eigenvalue weighted by atomic mass is 32.2. The Morgan fingerprint density at radius 1 is 1.00 bits per heavy atom. The number of carbonyl (C=O) groups excluding carboxylic acids is 2. The van der Waals surface area contributed by atoms with Crippen LogP contribution in [0.3, 0.4) is 0 Å². The number of sulfone groups is 1. The van der Waals surface area contributed by atoms with Gasteiger partial charge in [-0.3, -0.25) is 4.79 Å². The molecule has 4 aromatic rings. The summed E-state index contributed by atoms with van der Waals surface area (Å²) in [4.78, 5) is 30.4. The number of likely N-dealkylation sites (tertiary alicyclic amines) is 1. The summed E-state index contributed by atoms with van der Waals surface area (Å²) >= 11 is 0. The van der Waals surface area contributed by atoms with E-state index in [0.29, 0.717) is 11.2 Å². The lowest BCUT2D eigenvalue weighted by molar-refractivity contribution is -0.123. The summed E-state index contributed by atoms with van der Waals surface area (Å²) in [5, 5.41) is 4.60. The van der Waals surface area contributed by atoms with Crippen molar-refractivity contribution < 1.29 is 35.6 Å². The smallest absolute Gasteiger partial charge is 0.348 e. The molecule has 1 saturated heterocycles. The molecular formula is C31H27F4N5O4S. The van der Waals surface area contributed by atoms with Crippen molar-refractivity contribution in [3.8, 4) is 11.8 Å². The number of benzene rings is 2. The minimum Gasteiger partial charge on any atom is -0.348 e. The number of nitrogens with one attached hydrogen (secondary N) is 2. The molecular weight excluding hydrogens is 614 g/mol. The lowest BCUT2D eigenvalue weighted by atomic mass is 10.1. The van der Waals surface area contributed by atoms with Crippen molar-refractivity contribution in [2.24, 2.45) is 5.92 Å². The number of hydrogen-bond donors (Lipinski definition) is 2. The maximum atomic E-state index is 13.6. The van der Waals surface area contributed by atoms with Crippen molar-refractivity contribution in [2.45, 2.75) is 24.0 Å². The van der Waals surface area contributed by atoms with Crippen LogP contribution in [0.2, 0.25) is 0 Å². The summed E-state index contributed by atoms with van der Waals surface area (Å²) in [6, 6.07) is 12.0. The fourth-order valence-electron chi connectivity index (χ4n) is 4.90. The monoisotopic (exact) mass is 641 g/mol. The van der Waals surface area contributed by atoms with Crippen molar-refractivity contribution >= 4 is 27.4 Å². The first-order valence-corrected chi connectivity index (χ1v) is 15.5. The number of amides is 3. The number of pyridine rings is 1. The fraction of sp³-hybridized carbons (Fsp3) is 0.258. The number of halogens is 4. The van der Waals surface area contributed by atoms with E-state index >= 15 is 0 Å². The lowest BCUT2D eigenvalue weighted by Crippen LogP contribution is -2.42. The summed E-state index contributed by atoms with van der Waals surface area (Å²) in [5.41, 5.74) is 2.13. The molecule has 0 saturated carbocycles. The fourth-order valence-corrected chi connectivity index (χ4v) is 6.69. The molecule has 14 heteroatoms. The van der Waals surface area contributed by atoms with E-state index in [4.69, 9.17) is 0 Å². The van der Waals surface area contributed by atoms with Gasteiger partial charge in [-0.25, -0.2) is 22.6 Å². The molecule has 0 aliphatic carbocycles. The third-order valence-corrected chi connectivity index (χ3v) is 9.08. The van der Waals surface area contributed by atoms with Crippen molar-refractivity contribution in [3.63, 3.8) is 0 Å². The molecule has 3 heterocycles. The first kappa shape index (κ1) is 31.5. The van der Waals surface area contributed by atoms with Gasteiger partial charge < -0.3 is 19.9 Å². The maximum Gasteiger partial charge on any atom is 0.405 e. The van der Waals surface area contributed by atoms with Crippen molar-refractivity contribution in [1.82, 2.24) is 24.9 Å². The number of imidazole rings is 1. The SMILES string of the molecule is O=C(NCc1ccn2ccnc2c1)c1ccc(S(=O)(=O)CC2CCN(C(=O)NCC(F)(F)F)C2)c(C#Cc2ccc(F)cc2)c1. The Labute approximate surface area is 256 Å². The molecule has 1 aliphatic rings. The molecule has 0 radical (unpaired) electrons. The second kappa shape index (κ2) is 13.0. The Morgan fingerprint density at radius 2 is 1.78 bits per heavy atom. The molecule has 1 fully saturated rings. The van der Waals surface area contributed by atoms with Crippen LogP contribution in [-0.2, 0) is 16.4 Å². The van der Waals surface area contributed by atoms with Crippen LogP contribution in [0.1, 0.15) is 33.5 Å². The van der Waals surface area contributed by atoms with Crippen molar-refractivity contribution in [1.29, 1.82) is 0 Å². The van der Waals surface area contributed by atoms with Crippen LogP contribution in [0.4, 0.5) is 22.4 Å².